The standard InChI is InChI=1S/C20H19NO4/c1-13-11-17(22)24-18-15(13)9-10-16-19(18)25-20(2,12-21(16)23-3)14-7-5-4-6-8-14/h4-11H,12H2,1-3H3. The Bertz CT molecular complexity index is 996. The summed E-state index contributed by atoms with van der Waals surface area (Å²) >= 11 is 0. The van der Waals surface area contributed by atoms with Gasteiger partial charge in [-0.25, -0.2) is 9.86 Å². The van der Waals surface area contributed by atoms with E-state index in [1.165, 1.54) is 6.07 Å². The molecule has 0 amide bonds. The maximum atomic E-state index is 11.9. The number of ether oxygens (including phenoxy) is 1. The summed E-state index contributed by atoms with van der Waals surface area (Å²) in [5.41, 5.74) is 2.05. The minimum atomic E-state index is -0.638. The minimum absolute atomic E-state index is 0.391. The van der Waals surface area contributed by atoms with Gasteiger partial charge in [0.15, 0.2) is 16.9 Å². The number of hydrogen-bond donors (Lipinski definition) is 0. The van der Waals surface area contributed by atoms with E-state index in [4.69, 9.17) is 14.0 Å². The van der Waals surface area contributed by atoms with E-state index in [1.54, 1.807) is 12.2 Å². The number of aryl methyl sites for hydroxylation is 1. The molecule has 0 N–H and O–H groups in total. The topological polar surface area (TPSA) is 51.9 Å². The van der Waals surface area contributed by atoms with Gasteiger partial charge in [-0.15, -0.1) is 0 Å². The van der Waals surface area contributed by atoms with E-state index in [0.717, 1.165) is 22.2 Å². The van der Waals surface area contributed by atoms with Crippen molar-refractivity contribution in [3.05, 3.63) is 70.1 Å². The summed E-state index contributed by atoms with van der Waals surface area (Å²) in [7, 11) is 1.62. The van der Waals surface area contributed by atoms with Gasteiger partial charge in [0.05, 0.1) is 13.7 Å². The van der Waals surface area contributed by atoms with Crippen LogP contribution in [0.5, 0.6) is 5.75 Å². The monoisotopic (exact) mass is 337 g/mol. The van der Waals surface area contributed by atoms with Gasteiger partial charge in [0.25, 0.3) is 0 Å². The molecule has 2 heterocycles. The lowest BCUT2D eigenvalue weighted by Crippen LogP contribution is -2.46. The van der Waals surface area contributed by atoms with Crippen LogP contribution in [0.4, 0.5) is 5.69 Å². The van der Waals surface area contributed by atoms with Gasteiger partial charge in [-0.05, 0) is 37.1 Å². The van der Waals surface area contributed by atoms with Crippen LogP contribution in [0.3, 0.4) is 0 Å². The van der Waals surface area contributed by atoms with E-state index < -0.39 is 11.2 Å². The number of hydroxylamine groups is 1. The Kier molecular flexibility index (Phi) is 3.54. The fourth-order valence-corrected chi connectivity index (χ4v) is 3.36. The Morgan fingerprint density at radius 2 is 1.92 bits per heavy atom. The third-order valence-corrected chi connectivity index (χ3v) is 4.70. The third kappa shape index (κ3) is 2.48. The Labute approximate surface area is 145 Å². The van der Waals surface area contributed by atoms with Crippen molar-refractivity contribution in [1.29, 1.82) is 0 Å². The molecular weight excluding hydrogens is 318 g/mol. The molecule has 0 spiro atoms. The maximum absolute atomic E-state index is 11.9. The third-order valence-electron chi connectivity index (χ3n) is 4.70. The van der Waals surface area contributed by atoms with E-state index >= 15 is 0 Å². The molecule has 5 heteroatoms. The molecule has 128 valence electrons. The largest absolute Gasteiger partial charge is 0.475 e. The molecule has 0 fully saturated rings. The molecule has 0 aliphatic carbocycles. The lowest BCUT2D eigenvalue weighted by molar-refractivity contribution is 0.0324. The highest BCUT2D eigenvalue weighted by molar-refractivity contribution is 5.91. The van der Waals surface area contributed by atoms with Crippen molar-refractivity contribution < 1.29 is 14.0 Å². The first kappa shape index (κ1) is 15.7. The van der Waals surface area contributed by atoms with Crippen molar-refractivity contribution in [3.63, 3.8) is 0 Å². The molecule has 0 saturated heterocycles. The Hall–Kier alpha value is -2.79. The number of benzene rings is 2. The average Bonchev–Trinajstić information content (AvgIpc) is 2.61. The van der Waals surface area contributed by atoms with Crippen molar-refractivity contribution in [2.24, 2.45) is 0 Å². The van der Waals surface area contributed by atoms with Gasteiger partial charge < -0.3 is 9.15 Å². The number of fused-ring (bicyclic) bond motifs is 3. The number of hydrogen-bond acceptors (Lipinski definition) is 5. The second-order valence-corrected chi connectivity index (χ2v) is 6.46. The summed E-state index contributed by atoms with van der Waals surface area (Å²) in [4.78, 5) is 17.5. The number of rotatable bonds is 2. The molecule has 4 rings (SSSR count). The molecule has 25 heavy (non-hydrogen) atoms. The van der Waals surface area contributed by atoms with Gasteiger partial charge >= 0.3 is 5.63 Å². The van der Waals surface area contributed by atoms with E-state index in [0.29, 0.717) is 17.9 Å². The molecule has 1 atom stereocenters. The fourth-order valence-electron chi connectivity index (χ4n) is 3.36. The lowest BCUT2D eigenvalue weighted by Gasteiger charge is -2.41. The molecule has 5 nitrogen and oxygen atoms in total. The Balaban J connectivity index is 1.97. The van der Waals surface area contributed by atoms with Crippen LogP contribution in [-0.2, 0) is 10.4 Å². The first-order valence-corrected chi connectivity index (χ1v) is 8.15. The van der Waals surface area contributed by atoms with Gasteiger partial charge in [0, 0.05) is 11.5 Å². The predicted molar refractivity (Wildman–Crippen MR) is 96.0 cm³/mol. The van der Waals surface area contributed by atoms with E-state index in [2.05, 4.69) is 0 Å². The zero-order valence-electron chi connectivity index (χ0n) is 14.4. The van der Waals surface area contributed by atoms with Crippen LogP contribution in [-0.4, -0.2) is 13.7 Å². The van der Waals surface area contributed by atoms with Gasteiger partial charge in [0.1, 0.15) is 5.69 Å². The van der Waals surface area contributed by atoms with Gasteiger partial charge in [-0.3, -0.25) is 4.84 Å². The second kappa shape index (κ2) is 5.63. The summed E-state index contributed by atoms with van der Waals surface area (Å²) in [6, 6.07) is 15.3. The van der Waals surface area contributed by atoms with Gasteiger partial charge in [-0.1, -0.05) is 30.3 Å². The number of nitrogens with zero attached hydrogens (tertiary/aromatic N) is 1. The second-order valence-electron chi connectivity index (χ2n) is 6.46. The van der Waals surface area contributed by atoms with Crippen LogP contribution in [0.15, 0.2) is 57.7 Å². The van der Waals surface area contributed by atoms with Crippen molar-refractivity contribution in [3.8, 4) is 5.75 Å². The fraction of sp³-hybridized carbons (Fsp3) is 0.250. The first-order valence-electron chi connectivity index (χ1n) is 8.15. The molecule has 0 saturated carbocycles. The van der Waals surface area contributed by atoms with Crippen molar-refractivity contribution >= 4 is 16.7 Å². The van der Waals surface area contributed by atoms with Crippen molar-refractivity contribution in [2.75, 3.05) is 18.7 Å². The summed E-state index contributed by atoms with van der Waals surface area (Å²) < 4.78 is 11.9. The molecule has 1 unspecified atom stereocenters. The van der Waals surface area contributed by atoms with E-state index in [1.807, 2.05) is 56.3 Å². The maximum Gasteiger partial charge on any atom is 0.336 e. The van der Waals surface area contributed by atoms with Crippen LogP contribution in [0.25, 0.3) is 11.0 Å². The van der Waals surface area contributed by atoms with Gasteiger partial charge in [0.2, 0.25) is 0 Å². The SMILES string of the molecule is CON1CC(C)(c2ccccc2)Oc2c1ccc1c(C)cc(=O)oc21. The van der Waals surface area contributed by atoms with Crippen LogP contribution in [0, 0.1) is 6.92 Å². The zero-order valence-corrected chi connectivity index (χ0v) is 14.4. The van der Waals surface area contributed by atoms with Gasteiger partial charge in [-0.2, -0.15) is 0 Å². The molecule has 1 aliphatic heterocycles. The quantitative estimate of drug-likeness (QED) is 0.666. The summed E-state index contributed by atoms with van der Waals surface area (Å²) in [5, 5.41) is 2.62. The molecule has 3 aromatic rings. The van der Waals surface area contributed by atoms with Crippen LogP contribution >= 0.6 is 0 Å². The lowest BCUT2D eigenvalue weighted by atomic mass is 9.93. The normalized spacial score (nSPS) is 19.6. The van der Waals surface area contributed by atoms with Crippen molar-refractivity contribution in [1.82, 2.24) is 0 Å². The predicted octanol–water partition coefficient (Wildman–Crippen LogP) is 3.78. The Morgan fingerprint density at radius 1 is 1.16 bits per heavy atom. The molecule has 0 radical (unpaired) electrons. The van der Waals surface area contributed by atoms with E-state index in [-0.39, 0.29) is 0 Å². The van der Waals surface area contributed by atoms with Crippen LogP contribution < -0.4 is 15.4 Å². The molecular formula is C20H19NO4. The molecule has 0 bridgehead atoms. The minimum Gasteiger partial charge on any atom is -0.475 e. The Morgan fingerprint density at radius 3 is 2.64 bits per heavy atom. The van der Waals surface area contributed by atoms with Crippen LogP contribution in [0.2, 0.25) is 0 Å². The highest BCUT2D eigenvalue weighted by atomic mass is 16.7. The highest BCUT2D eigenvalue weighted by Crippen LogP contribution is 2.45. The molecule has 1 aliphatic rings. The summed E-state index contributed by atoms with van der Waals surface area (Å²) in [5.74, 6) is 0.526. The summed E-state index contributed by atoms with van der Waals surface area (Å²) in [6.45, 7) is 4.41. The van der Waals surface area contributed by atoms with E-state index in [9.17, 15) is 4.79 Å². The molecule has 1 aromatic heterocycles. The molecule has 2 aromatic carbocycles. The smallest absolute Gasteiger partial charge is 0.336 e. The summed E-state index contributed by atoms with van der Waals surface area (Å²) in [6.07, 6.45) is 0. The van der Waals surface area contributed by atoms with Crippen molar-refractivity contribution in [2.45, 2.75) is 19.4 Å². The average molecular weight is 337 g/mol. The number of anilines is 1. The highest BCUT2D eigenvalue weighted by Gasteiger charge is 2.39. The zero-order chi connectivity index (χ0) is 17.6. The first-order chi connectivity index (χ1) is 12.0. The van der Waals surface area contributed by atoms with Crippen LogP contribution in [0.1, 0.15) is 18.1 Å².